The van der Waals surface area contributed by atoms with Crippen molar-refractivity contribution in [3.63, 3.8) is 0 Å². The number of H-pyrrole nitrogens is 1. The summed E-state index contributed by atoms with van der Waals surface area (Å²) in [6.07, 6.45) is 0.0491. The Bertz CT molecular complexity index is 291. The maximum Gasteiger partial charge on any atom is 0.309 e. The van der Waals surface area contributed by atoms with Gasteiger partial charge in [-0.25, -0.2) is 0 Å². The summed E-state index contributed by atoms with van der Waals surface area (Å²) >= 11 is 0. The molecule has 1 aromatic heterocycles. The average Bonchev–Trinajstić information content (AvgIpc) is 2.31. The highest BCUT2D eigenvalue weighted by molar-refractivity contribution is 5.70. The zero-order chi connectivity index (χ0) is 9.14. The lowest BCUT2D eigenvalue weighted by atomic mass is 10.2. The maximum atomic E-state index is 10.4. The monoisotopic (exact) mass is 168 g/mol. The summed E-state index contributed by atoms with van der Waals surface area (Å²) in [6.45, 7) is 1.88. The van der Waals surface area contributed by atoms with Crippen LogP contribution in [0.2, 0.25) is 0 Å². The van der Waals surface area contributed by atoms with Gasteiger partial charge in [0.2, 0.25) is 0 Å². The van der Waals surface area contributed by atoms with Gasteiger partial charge in [-0.3, -0.25) is 4.79 Å². The largest absolute Gasteiger partial charge is 0.481 e. The number of carbonyl (C=O) groups is 1. The van der Waals surface area contributed by atoms with Crippen LogP contribution in [0.3, 0.4) is 0 Å². The molecule has 0 radical (unpaired) electrons. The minimum Gasteiger partial charge on any atom is -0.481 e. The Kier molecular flexibility index (Phi) is 2.38. The van der Waals surface area contributed by atoms with E-state index in [1.165, 1.54) is 0 Å². The smallest absolute Gasteiger partial charge is 0.309 e. The van der Waals surface area contributed by atoms with Crippen molar-refractivity contribution in [2.24, 2.45) is 0 Å². The van der Waals surface area contributed by atoms with Crippen molar-refractivity contribution < 1.29 is 9.90 Å². The normalized spacial score (nSPS) is 9.83. The Morgan fingerprint density at radius 2 is 2.42 bits per heavy atom. The van der Waals surface area contributed by atoms with E-state index in [0.29, 0.717) is 0 Å². The van der Waals surface area contributed by atoms with Gasteiger partial charge < -0.3 is 15.4 Å². The van der Waals surface area contributed by atoms with Crippen LogP contribution in [0.1, 0.15) is 11.3 Å². The lowest BCUT2D eigenvalue weighted by molar-refractivity contribution is -0.136. The molecule has 3 N–H and O–H groups in total. The van der Waals surface area contributed by atoms with E-state index in [2.05, 4.69) is 10.3 Å². The second-order valence-electron chi connectivity index (χ2n) is 2.67. The van der Waals surface area contributed by atoms with E-state index >= 15 is 0 Å². The molecule has 0 unspecified atom stereocenters. The molecule has 0 aromatic carbocycles. The molecule has 0 spiro atoms. The Morgan fingerprint density at radius 3 is 2.83 bits per heavy atom. The van der Waals surface area contributed by atoms with E-state index in [1.807, 2.05) is 13.0 Å². The molecule has 4 heteroatoms. The first-order valence-corrected chi connectivity index (χ1v) is 3.71. The second-order valence-corrected chi connectivity index (χ2v) is 2.67. The van der Waals surface area contributed by atoms with Gasteiger partial charge in [0.05, 0.1) is 6.42 Å². The number of aliphatic carboxylic acids is 1. The average molecular weight is 168 g/mol. The number of aromatic nitrogens is 1. The zero-order valence-electron chi connectivity index (χ0n) is 7.14. The number of nitrogens with one attached hydrogen (secondary N) is 2. The van der Waals surface area contributed by atoms with Gasteiger partial charge in [0, 0.05) is 12.7 Å². The highest BCUT2D eigenvalue weighted by Crippen LogP contribution is 2.13. The van der Waals surface area contributed by atoms with Gasteiger partial charge in [-0.15, -0.1) is 0 Å². The van der Waals surface area contributed by atoms with Gasteiger partial charge in [-0.2, -0.15) is 0 Å². The van der Waals surface area contributed by atoms with Crippen molar-refractivity contribution in [2.45, 2.75) is 13.3 Å². The molecule has 0 fully saturated rings. The summed E-state index contributed by atoms with van der Waals surface area (Å²) in [6, 6.07) is 1.89. The molecule has 0 amide bonds. The highest BCUT2D eigenvalue weighted by atomic mass is 16.4. The van der Waals surface area contributed by atoms with Crippen molar-refractivity contribution in [2.75, 3.05) is 12.4 Å². The number of aromatic amines is 1. The van der Waals surface area contributed by atoms with E-state index < -0.39 is 5.97 Å². The molecule has 4 nitrogen and oxygen atoms in total. The van der Waals surface area contributed by atoms with Crippen molar-refractivity contribution in [3.05, 3.63) is 17.3 Å². The Hall–Kier alpha value is -1.45. The number of carboxylic acid groups (broad SMARTS) is 1. The third kappa shape index (κ3) is 1.78. The molecule has 1 aromatic rings. The lowest BCUT2D eigenvalue weighted by Crippen LogP contribution is -2.01. The van der Waals surface area contributed by atoms with E-state index in [9.17, 15) is 4.79 Å². The molecule has 12 heavy (non-hydrogen) atoms. The molecule has 0 atom stereocenters. The summed E-state index contributed by atoms with van der Waals surface area (Å²) in [5.41, 5.74) is 1.73. The molecule has 0 aliphatic heterocycles. The molecule has 0 saturated carbocycles. The van der Waals surface area contributed by atoms with Crippen molar-refractivity contribution >= 4 is 11.8 Å². The summed E-state index contributed by atoms with van der Waals surface area (Å²) in [7, 11) is 1.79. The van der Waals surface area contributed by atoms with E-state index in [1.54, 1.807) is 7.05 Å². The summed E-state index contributed by atoms with van der Waals surface area (Å²) in [5, 5.41) is 11.4. The van der Waals surface area contributed by atoms with Gasteiger partial charge in [-0.05, 0) is 18.6 Å². The minimum atomic E-state index is -0.817. The molecule has 0 bridgehead atoms. The van der Waals surface area contributed by atoms with Crippen molar-refractivity contribution in [1.29, 1.82) is 0 Å². The fourth-order valence-electron chi connectivity index (χ4n) is 1.07. The molecular formula is C8H12N2O2. The predicted octanol–water partition coefficient (Wildman–Crippen LogP) is 0.992. The standard InChI is InChI=1S/C8H12N2O2/c1-5-3-7(9-2)10-6(5)4-8(11)12/h3,9-10H,4H2,1-2H3,(H,11,12). The molecule has 1 rings (SSSR count). The van der Waals surface area contributed by atoms with Gasteiger partial charge in [0.25, 0.3) is 0 Å². The van der Waals surface area contributed by atoms with Gasteiger partial charge in [0.1, 0.15) is 5.82 Å². The molecule has 0 aliphatic rings. The van der Waals surface area contributed by atoms with Gasteiger partial charge in [0.15, 0.2) is 0 Å². The number of anilines is 1. The van der Waals surface area contributed by atoms with Gasteiger partial charge in [-0.1, -0.05) is 0 Å². The number of carboxylic acids is 1. The first-order valence-electron chi connectivity index (χ1n) is 3.71. The Balaban J connectivity index is 2.84. The number of rotatable bonds is 3. The predicted molar refractivity (Wildman–Crippen MR) is 46.4 cm³/mol. The van der Waals surface area contributed by atoms with Crippen LogP contribution >= 0.6 is 0 Å². The van der Waals surface area contributed by atoms with Crippen LogP contribution in [0.25, 0.3) is 0 Å². The van der Waals surface area contributed by atoms with E-state index in [4.69, 9.17) is 5.11 Å². The first-order chi connectivity index (χ1) is 5.63. The van der Waals surface area contributed by atoms with Crippen LogP contribution in [0.5, 0.6) is 0 Å². The van der Waals surface area contributed by atoms with Crippen molar-refractivity contribution in [1.82, 2.24) is 4.98 Å². The van der Waals surface area contributed by atoms with E-state index in [0.717, 1.165) is 17.1 Å². The SMILES string of the molecule is CNc1cc(C)c(CC(=O)O)[nH]1. The molecule has 0 aliphatic carbocycles. The fourth-order valence-corrected chi connectivity index (χ4v) is 1.07. The summed E-state index contributed by atoms with van der Waals surface area (Å²) < 4.78 is 0. The first kappa shape index (κ1) is 8.64. The van der Waals surface area contributed by atoms with Crippen molar-refractivity contribution in [3.8, 4) is 0 Å². The topological polar surface area (TPSA) is 65.1 Å². The van der Waals surface area contributed by atoms with Gasteiger partial charge >= 0.3 is 5.97 Å². The molecular weight excluding hydrogens is 156 g/mol. The number of aryl methyl sites for hydroxylation is 1. The quantitative estimate of drug-likeness (QED) is 0.630. The molecule has 1 heterocycles. The highest BCUT2D eigenvalue weighted by Gasteiger charge is 2.06. The maximum absolute atomic E-state index is 10.4. The number of hydrogen-bond acceptors (Lipinski definition) is 2. The molecule has 0 saturated heterocycles. The third-order valence-corrected chi connectivity index (χ3v) is 1.72. The van der Waals surface area contributed by atoms with Crippen LogP contribution in [-0.2, 0) is 11.2 Å². The van der Waals surface area contributed by atoms with E-state index in [-0.39, 0.29) is 6.42 Å². The zero-order valence-corrected chi connectivity index (χ0v) is 7.14. The molecule has 66 valence electrons. The van der Waals surface area contributed by atoms with Crippen LogP contribution in [0.4, 0.5) is 5.82 Å². The van der Waals surface area contributed by atoms with Crippen LogP contribution in [0.15, 0.2) is 6.07 Å². The van der Waals surface area contributed by atoms with Crippen LogP contribution < -0.4 is 5.32 Å². The fraction of sp³-hybridized carbons (Fsp3) is 0.375. The summed E-state index contributed by atoms with van der Waals surface area (Å²) in [5.74, 6) is 0.0337. The van der Waals surface area contributed by atoms with Crippen LogP contribution in [-0.4, -0.2) is 23.1 Å². The summed E-state index contributed by atoms with van der Waals surface area (Å²) in [4.78, 5) is 13.3. The number of hydrogen-bond donors (Lipinski definition) is 3. The minimum absolute atomic E-state index is 0.0491. The Morgan fingerprint density at radius 1 is 1.75 bits per heavy atom. The van der Waals surface area contributed by atoms with Crippen LogP contribution in [0, 0.1) is 6.92 Å². The second kappa shape index (κ2) is 3.30. The third-order valence-electron chi connectivity index (χ3n) is 1.72. The lowest BCUT2D eigenvalue weighted by Gasteiger charge is -1.94. The Labute approximate surface area is 70.6 Å².